The first kappa shape index (κ1) is 59.5. The van der Waals surface area contributed by atoms with Gasteiger partial charge in [0, 0.05) is 0 Å². The molecule has 0 amide bonds. The number of carbonyl (C=O) groups is 2. The van der Waals surface area contributed by atoms with Crippen LogP contribution in [-0.4, -0.2) is 223 Å². The Hall–Kier alpha value is -2.08. The Morgan fingerprint density at radius 1 is 0.610 bits per heavy atom. The Morgan fingerprint density at radius 2 is 1.21 bits per heavy atom. The molecule has 4 saturated heterocycles. The van der Waals surface area contributed by atoms with Crippen molar-refractivity contribution in [2.75, 3.05) is 26.9 Å². The Balaban J connectivity index is 0.990. The van der Waals surface area contributed by atoms with Crippen LogP contribution in [0.2, 0.25) is 0 Å². The van der Waals surface area contributed by atoms with Gasteiger partial charge in [-0.2, -0.15) is 0 Å². The largest absolute Gasteiger partial charge is 0.467 e. The molecule has 5 aliphatic carbocycles. The smallest absolute Gasteiger partial charge is 0.337 e. The summed E-state index contributed by atoms with van der Waals surface area (Å²) in [5.74, 6) is -1.55. The van der Waals surface area contributed by atoms with E-state index in [0.29, 0.717) is 32.1 Å². The maximum Gasteiger partial charge on any atom is 0.337 e. The molecule has 9 aliphatic rings. The van der Waals surface area contributed by atoms with E-state index >= 15 is 0 Å². The summed E-state index contributed by atoms with van der Waals surface area (Å²) in [5, 5.41) is 128. The highest BCUT2D eigenvalue weighted by molar-refractivity contribution is 5.79. The third-order valence-electron chi connectivity index (χ3n) is 21.2. The molecule has 12 N–H and O–H groups in total. The van der Waals surface area contributed by atoms with Gasteiger partial charge < -0.3 is 104 Å². The number of methoxy groups -OCH3 is 1. The lowest BCUT2D eigenvalue weighted by atomic mass is 9.33. The minimum Gasteiger partial charge on any atom is -0.467 e. The molecule has 77 heavy (non-hydrogen) atoms. The molecule has 8 fully saturated rings. The van der Waals surface area contributed by atoms with E-state index in [0.717, 1.165) is 39.2 Å². The van der Waals surface area contributed by atoms with Gasteiger partial charge in [-0.05, 0) is 109 Å². The quantitative estimate of drug-likeness (QED) is 0.0656. The molecule has 0 spiro atoms. The van der Waals surface area contributed by atoms with Crippen molar-refractivity contribution in [2.45, 2.75) is 235 Å². The van der Waals surface area contributed by atoms with Crippen LogP contribution < -0.4 is 0 Å². The highest BCUT2D eigenvalue weighted by atomic mass is 16.8. The van der Waals surface area contributed by atoms with Gasteiger partial charge in [0.2, 0.25) is 6.29 Å². The fraction of sp³-hybridized carbons (Fsp3) is 0.926. The van der Waals surface area contributed by atoms with Crippen LogP contribution >= 0.6 is 0 Å². The molecular weight excluding hydrogens is 1020 g/mol. The van der Waals surface area contributed by atoms with Gasteiger partial charge in [-0.3, -0.25) is 4.79 Å². The summed E-state index contributed by atoms with van der Waals surface area (Å²) in [7, 11) is 1.08. The third-order valence-corrected chi connectivity index (χ3v) is 21.2. The first-order chi connectivity index (χ1) is 36.0. The molecule has 23 heteroatoms. The molecule has 9 rings (SSSR count). The predicted molar refractivity (Wildman–Crippen MR) is 262 cm³/mol. The summed E-state index contributed by atoms with van der Waals surface area (Å²) in [6.45, 7) is 13.9. The Labute approximate surface area is 448 Å². The molecule has 440 valence electrons. The van der Waals surface area contributed by atoms with Crippen LogP contribution in [0.3, 0.4) is 0 Å². The van der Waals surface area contributed by atoms with E-state index < -0.39 is 165 Å². The standard InChI is InChI=1S/C54H86O23/c1-49(2)15-17-54(48(68)77-46-38(65)35(62)33(60)27(21-56)72-46)18-16-52(6)23(24(54)19-49)9-10-29-51(5)13-12-30(50(3,4)28(51)11-14-53(29,52)7)73-47-41(75-45-37(64)34(61)32(59)26(20-55)71-45)39(66)40(42(76-47)43(67)69-8)74-44-36(63)31(58)25(57)22-70-44/h9,24-42,44-47,55-66H,10-22H2,1-8H3/t24-,25+,26+,27+,28-,29+,30-,31-,32-,33+,34-,35-,36+,37+,38+,39-,40-,41+,42-,44-,45-,46-,47+,51-,52+,53+,54-/m0/s1. The van der Waals surface area contributed by atoms with Gasteiger partial charge >= 0.3 is 11.9 Å². The fourth-order valence-corrected chi connectivity index (χ4v) is 16.3. The number of esters is 2. The molecule has 0 bridgehead atoms. The predicted octanol–water partition coefficient (Wildman–Crippen LogP) is -1.22. The Morgan fingerprint density at radius 3 is 1.84 bits per heavy atom. The molecule has 0 radical (unpaired) electrons. The van der Waals surface area contributed by atoms with Crippen LogP contribution in [0.5, 0.6) is 0 Å². The van der Waals surface area contributed by atoms with Crippen LogP contribution in [0.15, 0.2) is 11.6 Å². The number of ether oxygens (including phenoxy) is 9. The lowest BCUT2D eigenvalue weighted by molar-refractivity contribution is -0.388. The normalized spacial score (nSPS) is 52.4. The van der Waals surface area contributed by atoms with Crippen molar-refractivity contribution in [3.63, 3.8) is 0 Å². The molecule has 0 aromatic rings. The van der Waals surface area contributed by atoms with Gasteiger partial charge in [0.1, 0.15) is 85.5 Å². The third kappa shape index (κ3) is 9.76. The zero-order chi connectivity index (χ0) is 56.3. The van der Waals surface area contributed by atoms with Crippen LogP contribution in [-0.2, 0) is 52.2 Å². The van der Waals surface area contributed by atoms with Gasteiger partial charge in [0.25, 0.3) is 0 Å². The number of aliphatic hydroxyl groups is 12. The molecule has 4 heterocycles. The summed E-state index contributed by atoms with van der Waals surface area (Å²) in [5.41, 5.74) is -1.30. The number of fused-ring (bicyclic) bond motifs is 7. The summed E-state index contributed by atoms with van der Waals surface area (Å²) >= 11 is 0. The van der Waals surface area contributed by atoms with Gasteiger partial charge in [0.15, 0.2) is 25.0 Å². The second-order valence-corrected chi connectivity index (χ2v) is 26.0. The number of aliphatic hydroxyl groups excluding tert-OH is 12. The SMILES string of the molecule is COC(=O)[C@H]1O[C@@H](O[C@H]2CC[C@]3(C)[C@H]4CC=C5[C@@H]6CC(C)(C)CC[C@]6(C(=O)O[C@@H]6O[C@H](CO)[C@@H](O)[C@H](O)[C@H]6O)CC[C@@]5(C)[C@]4(C)CC[C@H]3C2(C)C)[C@H](O[C@@H]2O[C@H](CO)[C@H](O)[C@H](O)[C@H]2O)[C@@H](O)[C@@H]1O[C@@H]1OC[C@@H](O)[C@H](O)[C@H]1O. The minimum atomic E-state index is -1.94. The van der Waals surface area contributed by atoms with Crippen molar-refractivity contribution < 1.29 is 113 Å². The molecular formula is C54H86O23. The minimum absolute atomic E-state index is 0.0349. The molecule has 27 atom stereocenters. The van der Waals surface area contributed by atoms with Gasteiger partial charge in [-0.15, -0.1) is 0 Å². The van der Waals surface area contributed by atoms with Gasteiger partial charge in [0.05, 0.1) is 38.4 Å². The van der Waals surface area contributed by atoms with Crippen molar-refractivity contribution in [3.05, 3.63) is 11.6 Å². The summed E-state index contributed by atoms with van der Waals surface area (Å²) in [6.07, 6.45) is -23.7. The molecule has 0 aromatic heterocycles. The number of allylic oxidation sites excluding steroid dienone is 2. The first-order valence-electron chi connectivity index (χ1n) is 27.6. The number of hydrogen-bond acceptors (Lipinski definition) is 23. The number of rotatable bonds is 11. The average molecular weight is 1100 g/mol. The summed E-state index contributed by atoms with van der Waals surface area (Å²) < 4.78 is 53.4. The molecule has 0 aromatic carbocycles. The van der Waals surface area contributed by atoms with E-state index in [2.05, 4.69) is 54.5 Å². The lowest BCUT2D eigenvalue weighted by Crippen LogP contribution is -2.68. The van der Waals surface area contributed by atoms with E-state index in [1.54, 1.807) is 0 Å². The lowest BCUT2D eigenvalue weighted by Gasteiger charge is -2.71. The van der Waals surface area contributed by atoms with Crippen molar-refractivity contribution in [1.82, 2.24) is 0 Å². The maximum atomic E-state index is 14.8. The zero-order valence-electron chi connectivity index (χ0n) is 45.4. The fourth-order valence-electron chi connectivity index (χ4n) is 16.3. The van der Waals surface area contributed by atoms with E-state index in [1.807, 2.05) is 0 Å². The van der Waals surface area contributed by atoms with E-state index in [9.17, 15) is 70.9 Å². The highest BCUT2D eigenvalue weighted by Gasteiger charge is 2.70. The highest BCUT2D eigenvalue weighted by Crippen LogP contribution is 2.76. The molecule has 0 unspecified atom stereocenters. The molecule has 23 nitrogen and oxygen atoms in total. The van der Waals surface area contributed by atoms with Gasteiger partial charge in [-0.25, -0.2) is 4.79 Å². The van der Waals surface area contributed by atoms with Crippen LogP contribution in [0.25, 0.3) is 0 Å². The number of hydrogen-bond donors (Lipinski definition) is 12. The monoisotopic (exact) mass is 1100 g/mol. The van der Waals surface area contributed by atoms with Crippen LogP contribution in [0.1, 0.15) is 113 Å². The topological polar surface area (TPSA) is 360 Å². The Bertz CT molecular complexity index is 2160. The van der Waals surface area contributed by atoms with Gasteiger partial charge in [-0.1, -0.05) is 60.1 Å². The second kappa shape index (κ2) is 21.6. The van der Waals surface area contributed by atoms with Crippen LogP contribution in [0.4, 0.5) is 0 Å². The van der Waals surface area contributed by atoms with Crippen molar-refractivity contribution in [1.29, 1.82) is 0 Å². The van der Waals surface area contributed by atoms with E-state index in [4.69, 9.17) is 42.6 Å². The van der Waals surface area contributed by atoms with Crippen molar-refractivity contribution in [3.8, 4) is 0 Å². The second-order valence-electron chi connectivity index (χ2n) is 26.0. The van der Waals surface area contributed by atoms with Crippen LogP contribution in [0, 0.1) is 50.2 Å². The van der Waals surface area contributed by atoms with E-state index in [1.165, 1.54) is 5.57 Å². The average Bonchev–Trinajstić information content (AvgIpc) is 3.58. The summed E-state index contributed by atoms with van der Waals surface area (Å²) in [4.78, 5) is 28.4. The zero-order valence-corrected chi connectivity index (χ0v) is 45.4. The van der Waals surface area contributed by atoms with E-state index in [-0.39, 0.29) is 39.4 Å². The number of carbonyl (C=O) groups excluding carboxylic acids is 2. The summed E-state index contributed by atoms with van der Waals surface area (Å²) in [6, 6.07) is 0. The Kier molecular flexibility index (Phi) is 16.7. The van der Waals surface area contributed by atoms with Crippen molar-refractivity contribution in [2.24, 2.45) is 50.2 Å². The molecule has 4 saturated carbocycles. The first-order valence-corrected chi connectivity index (χ1v) is 27.6. The van der Waals surface area contributed by atoms with Crippen molar-refractivity contribution >= 4 is 11.9 Å². The maximum absolute atomic E-state index is 14.8. The molecule has 4 aliphatic heterocycles.